The van der Waals surface area contributed by atoms with E-state index in [1.165, 1.54) is 18.8 Å². The lowest BCUT2D eigenvalue weighted by Gasteiger charge is -2.22. The number of aliphatic hydroxyl groups excluding tert-OH is 2. The number of hydrogen-bond acceptors (Lipinski definition) is 18. The maximum absolute atomic E-state index is 12.3. The molecule has 6 heterocycles. The molecule has 4 aromatic rings. The topological polar surface area (TPSA) is 344 Å². The normalized spacial score (nSPS) is 22.3. The number of fused-ring (bicyclic) bond motifs is 2. The molecule has 6 rings (SSSR count). The van der Waals surface area contributed by atoms with E-state index >= 15 is 0 Å². The van der Waals surface area contributed by atoms with Crippen molar-refractivity contribution < 1.29 is 70.8 Å². The molecule has 0 bridgehead atoms. The fourth-order valence-electron chi connectivity index (χ4n) is 6.19. The van der Waals surface area contributed by atoms with Crippen LogP contribution in [0.5, 0.6) is 0 Å². The number of methoxy groups -OCH3 is 1. The second-order valence-corrected chi connectivity index (χ2v) is 15.4. The highest BCUT2D eigenvalue weighted by Crippen LogP contribution is 2.44. The lowest BCUT2D eigenvalue weighted by molar-refractivity contribution is -0.745. The molecule has 2 saturated heterocycles. The Balaban J connectivity index is 0.000000346. The SMILES string of the molecule is CC.CC.COC(=O)N(CCOP(O)OC)CCOP(=O)(O)OCC1CCC([n+]2cn(C)c3c(=O)[nH]c(N)nc32)O1.C[C@H]1O[C@@H]([n+]2cn(C)c3c(=O)[nH]c(N)nc32)C(O)C1O. The van der Waals surface area contributed by atoms with Crippen LogP contribution in [0.15, 0.2) is 22.2 Å². The zero-order valence-corrected chi connectivity index (χ0v) is 37.3. The zero-order chi connectivity index (χ0) is 45.8. The molecule has 1 amide bonds. The Morgan fingerprint density at radius 3 is 2.00 bits per heavy atom. The van der Waals surface area contributed by atoms with E-state index in [1.807, 2.05) is 27.7 Å². The van der Waals surface area contributed by atoms with Crippen molar-refractivity contribution in [3.05, 3.63) is 33.4 Å². The van der Waals surface area contributed by atoms with Gasteiger partial charge in [-0.15, -0.1) is 0 Å². The molecule has 0 aliphatic carbocycles. The number of nitrogens with two attached hydrogens (primary N) is 2. The highest BCUT2D eigenvalue weighted by atomic mass is 31.2. The number of aryl methyl sites for hydroxylation is 2. The van der Waals surface area contributed by atoms with E-state index in [2.05, 4.69) is 29.2 Å². The van der Waals surface area contributed by atoms with E-state index < -0.39 is 59.4 Å². The van der Waals surface area contributed by atoms with Gasteiger partial charge in [-0.05, 0) is 13.3 Å². The first-order valence-electron chi connectivity index (χ1n) is 19.2. The van der Waals surface area contributed by atoms with Crippen LogP contribution in [-0.2, 0) is 51.0 Å². The average Bonchev–Trinajstić information content (AvgIpc) is 3.99. The number of aromatic amines is 2. The van der Waals surface area contributed by atoms with Gasteiger partial charge in [0.2, 0.25) is 17.3 Å². The Kier molecular flexibility index (Phi) is 19.6. The van der Waals surface area contributed by atoms with E-state index in [0.29, 0.717) is 35.2 Å². The highest BCUT2D eigenvalue weighted by molar-refractivity contribution is 7.47. The van der Waals surface area contributed by atoms with Gasteiger partial charge in [0.1, 0.15) is 12.2 Å². The zero-order valence-electron chi connectivity index (χ0n) is 35.5. The predicted molar refractivity (Wildman–Crippen MR) is 217 cm³/mol. The summed E-state index contributed by atoms with van der Waals surface area (Å²) in [6.07, 6.45) is -0.876. The summed E-state index contributed by atoms with van der Waals surface area (Å²) in [7, 11) is -0.698. The quantitative estimate of drug-likeness (QED) is 0.0595. The van der Waals surface area contributed by atoms with Crippen LogP contribution < -0.4 is 31.7 Å². The predicted octanol–water partition coefficient (Wildman–Crippen LogP) is -0.284. The number of aliphatic hydroxyl groups is 2. The smallest absolute Gasteiger partial charge is 0.453 e. The number of phosphoric acid groups is 1. The largest absolute Gasteiger partial charge is 0.472 e. The van der Waals surface area contributed by atoms with Crippen LogP contribution in [0.1, 0.15) is 59.9 Å². The van der Waals surface area contributed by atoms with E-state index in [4.69, 9.17) is 34.5 Å². The van der Waals surface area contributed by atoms with Gasteiger partial charge in [-0.2, -0.15) is 0 Å². The first kappa shape index (κ1) is 51.2. The molecule has 26 nitrogen and oxygen atoms in total. The van der Waals surface area contributed by atoms with Gasteiger partial charge in [-0.1, -0.05) is 37.7 Å². The molecule has 8 atom stereocenters. The van der Waals surface area contributed by atoms with Crippen molar-refractivity contribution in [2.75, 3.05) is 58.6 Å². The number of nitrogen functional groups attached to an aromatic ring is 2. The van der Waals surface area contributed by atoms with Crippen molar-refractivity contribution in [3.63, 3.8) is 0 Å². The number of anilines is 2. The van der Waals surface area contributed by atoms with Crippen LogP contribution >= 0.6 is 16.4 Å². The summed E-state index contributed by atoms with van der Waals surface area (Å²) in [5, 5.41) is 19.8. The van der Waals surface area contributed by atoms with Gasteiger partial charge in [0, 0.05) is 26.6 Å². The minimum atomic E-state index is -4.46. The number of nitrogens with one attached hydrogen (secondary N) is 2. The third-order valence-electron chi connectivity index (χ3n) is 8.92. The lowest BCUT2D eigenvalue weighted by Crippen LogP contribution is -2.46. The number of hydrogen-bond donors (Lipinski definition) is 8. The molecule has 2 aliphatic heterocycles. The summed E-state index contributed by atoms with van der Waals surface area (Å²) in [5.41, 5.74) is 11.7. The van der Waals surface area contributed by atoms with Crippen molar-refractivity contribution in [1.29, 1.82) is 0 Å². The summed E-state index contributed by atoms with van der Waals surface area (Å²) in [6, 6.07) is 0. The number of phosphoric ester groups is 1. The minimum absolute atomic E-state index is 0.0187. The molecule has 0 spiro atoms. The first-order valence-corrected chi connectivity index (χ1v) is 21.9. The van der Waals surface area contributed by atoms with Crippen molar-refractivity contribution in [1.82, 2.24) is 34.0 Å². The van der Waals surface area contributed by atoms with Gasteiger partial charge in [0.15, 0.2) is 18.9 Å². The van der Waals surface area contributed by atoms with Crippen LogP contribution in [0.3, 0.4) is 0 Å². The maximum atomic E-state index is 12.3. The standard InChI is InChI=1S/C18H30N6O11P2.C11H15N5O4.2C2H6/c1-22-11-24(15-14(22)16(25)21-17(19)20-15)13-5-4-12(35-13)10-34-37(28,29)33-9-7-23(18(26)30-2)6-8-32-36(27)31-3;1-4-6(17)7(18)10(20-4)16-3-15(2)5-8(16)13-11(12)14-9(5)19;2*1-2/h11-13,27H,4-10H2,1-3H3,(H3-,19,20,21,25,28,29);3-4,6-7,10,17-18H,1-2H3,(H2-,12,13,14,19);2*1-2H3/p+2/t;4-,6?,7?,10-;;/m.1../s1. The number of carbonyl (C=O) groups is 1. The summed E-state index contributed by atoms with van der Waals surface area (Å²) < 4.78 is 54.4. The van der Waals surface area contributed by atoms with Crippen LogP contribution in [0, 0.1) is 0 Å². The van der Waals surface area contributed by atoms with Crippen molar-refractivity contribution in [3.8, 4) is 0 Å². The Morgan fingerprint density at radius 2 is 1.48 bits per heavy atom. The van der Waals surface area contributed by atoms with E-state index in [1.54, 1.807) is 47.4 Å². The summed E-state index contributed by atoms with van der Waals surface area (Å²) >= 11 is 0. The van der Waals surface area contributed by atoms with Crippen LogP contribution in [-0.4, -0.2) is 132 Å². The van der Waals surface area contributed by atoms with Crippen molar-refractivity contribution in [2.24, 2.45) is 14.1 Å². The van der Waals surface area contributed by atoms with Crippen molar-refractivity contribution in [2.45, 2.75) is 84.3 Å². The molecule has 6 unspecified atom stereocenters. The number of ether oxygens (including phenoxy) is 3. The molecule has 0 aromatic carbocycles. The van der Waals surface area contributed by atoms with Crippen LogP contribution in [0.4, 0.5) is 16.7 Å². The number of carbonyl (C=O) groups excluding carboxylic acids is 1. The third kappa shape index (κ3) is 12.9. The molecule has 344 valence electrons. The Hall–Kier alpha value is -4.17. The first-order chi connectivity index (χ1) is 28.9. The lowest BCUT2D eigenvalue weighted by atomic mass is 10.1. The minimum Gasteiger partial charge on any atom is -0.453 e. The molecule has 4 aromatic heterocycles. The van der Waals surface area contributed by atoms with Gasteiger partial charge >= 0.3 is 33.8 Å². The second kappa shape index (κ2) is 23.3. The molecule has 0 radical (unpaired) electrons. The number of aromatic nitrogens is 8. The van der Waals surface area contributed by atoms with Gasteiger partial charge in [-0.25, -0.2) is 18.5 Å². The molecule has 10 N–H and O–H groups in total. The fraction of sp³-hybridized carbons (Fsp3) is 0.667. The molecule has 0 saturated carbocycles. The molecular weight excluding hydrogens is 852 g/mol. The summed E-state index contributed by atoms with van der Waals surface area (Å²) in [6.45, 7) is 8.97. The third-order valence-corrected chi connectivity index (χ3v) is 10.6. The average molecular weight is 912 g/mol. The number of nitrogens with zero attached hydrogens (tertiary/aromatic N) is 7. The highest BCUT2D eigenvalue weighted by Gasteiger charge is 2.45. The second-order valence-electron chi connectivity index (χ2n) is 12.8. The van der Waals surface area contributed by atoms with Gasteiger partial charge in [0.25, 0.3) is 23.0 Å². The van der Waals surface area contributed by atoms with Crippen LogP contribution in [0.25, 0.3) is 22.3 Å². The van der Waals surface area contributed by atoms with Gasteiger partial charge < -0.3 is 59.6 Å². The van der Waals surface area contributed by atoms with E-state index in [9.17, 15) is 38.9 Å². The summed E-state index contributed by atoms with van der Waals surface area (Å²) in [4.78, 5) is 69.6. The van der Waals surface area contributed by atoms with Gasteiger partial charge in [-0.3, -0.25) is 37.7 Å². The number of imidazole rings is 2. The summed E-state index contributed by atoms with van der Waals surface area (Å²) in [5.74, 6) is -0.0519. The van der Waals surface area contributed by atoms with Crippen molar-refractivity contribution >= 4 is 56.7 Å². The Labute approximate surface area is 351 Å². The number of amides is 1. The van der Waals surface area contributed by atoms with E-state index in [0.717, 1.165) is 4.90 Å². The molecule has 61 heavy (non-hydrogen) atoms. The molecule has 2 aliphatic rings. The Bertz CT molecular complexity index is 2200. The monoisotopic (exact) mass is 911 g/mol. The maximum Gasteiger partial charge on any atom is 0.472 e. The molecular formula is C33H59N11O15P2+2. The van der Waals surface area contributed by atoms with Crippen LogP contribution in [0.2, 0.25) is 0 Å². The number of H-pyrrole nitrogens is 2. The Morgan fingerprint density at radius 1 is 0.934 bits per heavy atom. The number of rotatable bonds is 14. The molecule has 28 heteroatoms. The van der Waals surface area contributed by atoms with Gasteiger partial charge in [0.05, 0.1) is 53.2 Å². The fourth-order valence-corrected chi connectivity index (χ4v) is 7.28. The van der Waals surface area contributed by atoms with E-state index in [-0.39, 0.29) is 55.9 Å². The molecule has 2 fully saturated rings.